The van der Waals surface area contributed by atoms with Gasteiger partial charge in [0, 0.05) is 12.6 Å². The molecule has 19 heavy (non-hydrogen) atoms. The molecule has 2 amide bonds. The summed E-state index contributed by atoms with van der Waals surface area (Å²) in [6.45, 7) is 4.18. The third kappa shape index (κ3) is 5.90. The summed E-state index contributed by atoms with van der Waals surface area (Å²) in [4.78, 5) is 22.4. The Labute approximate surface area is 113 Å². The molecular formula is C14H20N2O3. The van der Waals surface area contributed by atoms with Gasteiger partial charge in [-0.15, -0.1) is 0 Å². The Kier molecular flexibility index (Phi) is 5.85. The van der Waals surface area contributed by atoms with Crippen molar-refractivity contribution in [1.82, 2.24) is 10.6 Å². The molecule has 1 aromatic rings. The molecule has 5 nitrogen and oxygen atoms in total. The largest absolute Gasteiger partial charge is 0.481 e. The number of hydrogen-bond donors (Lipinski definition) is 3. The standard InChI is InChI=1S/C14H20N2O3/c1-10(2)12(8-13(17)18)16-14(19)15-9-11-6-4-3-5-7-11/h3-7,10,12H,8-9H2,1-2H3,(H,17,18)(H2,15,16,19). The number of aliphatic carboxylic acids is 1. The van der Waals surface area contributed by atoms with Gasteiger partial charge in [0.05, 0.1) is 6.42 Å². The van der Waals surface area contributed by atoms with Crippen LogP contribution in [-0.4, -0.2) is 23.1 Å². The maximum absolute atomic E-state index is 11.7. The second-order valence-electron chi connectivity index (χ2n) is 4.76. The van der Waals surface area contributed by atoms with E-state index in [-0.39, 0.29) is 24.4 Å². The Balaban J connectivity index is 2.42. The molecule has 104 valence electrons. The highest BCUT2D eigenvalue weighted by atomic mass is 16.4. The number of urea groups is 1. The van der Waals surface area contributed by atoms with E-state index in [1.54, 1.807) is 0 Å². The summed E-state index contributed by atoms with van der Waals surface area (Å²) in [6.07, 6.45) is -0.0730. The molecule has 0 aliphatic rings. The first-order chi connectivity index (χ1) is 8.99. The molecular weight excluding hydrogens is 244 g/mol. The summed E-state index contributed by atoms with van der Waals surface area (Å²) in [5.74, 6) is -0.847. The number of carboxylic acids is 1. The minimum Gasteiger partial charge on any atom is -0.481 e. The van der Waals surface area contributed by atoms with Gasteiger partial charge in [-0.3, -0.25) is 4.79 Å². The predicted molar refractivity (Wildman–Crippen MR) is 72.7 cm³/mol. The Morgan fingerprint density at radius 1 is 1.21 bits per heavy atom. The number of carboxylic acid groups (broad SMARTS) is 1. The van der Waals surface area contributed by atoms with Crippen LogP contribution in [0, 0.1) is 5.92 Å². The van der Waals surface area contributed by atoms with Crippen LogP contribution in [0.2, 0.25) is 0 Å². The lowest BCUT2D eigenvalue weighted by atomic mass is 10.0. The topological polar surface area (TPSA) is 78.4 Å². The van der Waals surface area contributed by atoms with E-state index >= 15 is 0 Å². The molecule has 0 saturated heterocycles. The average molecular weight is 264 g/mol. The number of nitrogens with one attached hydrogen (secondary N) is 2. The fourth-order valence-electron chi connectivity index (χ4n) is 1.64. The van der Waals surface area contributed by atoms with Crippen molar-refractivity contribution >= 4 is 12.0 Å². The zero-order chi connectivity index (χ0) is 14.3. The van der Waals surface area contributed by atoms with Gasteiger partial charge in [-0.1, -0.05) is 44.2 Å². The highest BCUT2D eigenvalue weighted by Gasteiger charge is 2.19. The minimum atomic E-state index is -0.915. The van der Waals surface area contributed by atoms with E-state index in [0.29, 0.717) is 6.54 Å². The molecule has 0 bridgehead atoms. The van der Waals surface area contributed by atoms with Crippen LogP contribution in [-0.2, 0) is 11.3 Å². The molecule has 0 saturated carbocycles. The zero-order valence-corrected chi connectivity index (χ0v) is 11.2. The summed E-state index contributed by atoms with van der Waals surface area (Å²) in [5, 5.41) is 14.2. The van der Waals surface area contributed by atoms with E-state index in [4.69, 9.17) is 5.11 Å². The second-order valence-corrected chi connectivity index (χ2v) is 4.76. The van der Waals surface area contributed by atoms with Gasteiger partial charge in [0.25, 0.3) is 0 Å². The van der Waals surface area contributed by atoms with Gasteiger partial charge in [0.15, 0.2) is 0 Å². The van der Waals surface area contributed by atoms with E-state index in [9.17, 15) is 9.59 Å². The van der Waals surface area contributed by atoms with Gasteiger partial charge >= 0.3 is 12.0 Å². The van der Waals surface area contributed by atoms with E-state index in [0.717, 1.165) is 5.56 Å². The van der Waals surface area contributed by atoms with Crippen LogP contribution in [0.25, 0.3) is 0 Å². The zero-order valence-electron chi connectivity index (χ0n) is 11.2. The molecule has 0 spiro atoms. The summed E-state index contributed by atoms with van der Waals surface area (Å²) in [5.41, 5.74) is 0.997. The van der Waals surface area contributed by atoms with Crippen LogP contribution in [0.1, 0.15) is 25.8 Å². The first-order valence-electron chi connectivity index (χ1n) is 6.29. The predicted octanol–water partition coefficient (Wildman–Crippen LogP) is 1.99. The summed E-state index contributed by atoms with van der Waals surface area (Å²) in [6, 6.07) is 8.82. The van der Waals surface area contributed by atoms with E-state index in [2.05, 4.69) is 10.6 Å². The molecule has 5 heteroatoms. The quantitative estimate of drug-likeness (QED) is 0.735. The van der Waals surface area contributed by atoms with Gasteiger partial charge in [-0.2, -0.15) is 0 Å². The van der Waals surface area contributed by atoms with Gasteiger partial charge in [0.1, 0.15) is 0 Å². The van der Waals surface area contributed by atoms with Gasteiger partial charge in [-0.25, -0.2) is 4.79 Å². The fourth-order valence-corrected chi connectivity index (χ4v) is 1.64. The highest BCUT2D eigenvalue weighted by molar-refractivity contribution is 5.75. The van der Waals surface area contributed by atoms with Crippen molar-refractivity contribution in [2.45, 2.75) is 32.9 Å². The van der Waals surface area contributed by atoms with E-state index < -0.39 is 5.97 Å². The molecule has 0 radical (unpaired) electrons. The van der Waals surface area contributed by atoms with Crippen molar-refractivity contribution in [2.75, 3.05) is 0 Å². The Bertz CT molecular complexity index is 418. The molecule has 0 aliphatic carbocycles. The lowest BCUT2D eigenvalue weighted by molar-refractivity contribution is -0.137. The van der Waals surface area contributed by atoms with E-state index in [1.165, 1.54) is 0 Å². The summed E-state index contributed by atoms with van der Waals surface area (Å²) < 4.78 is 0. The van der Waals surface area contributed by atoms with Gasteiger partial charge in [0.2, 0.25) is 0 Å². The second kappa shape index (κ2) is 7.41. The number of carbonyl (C=O) groups excluding carboxylic acids is 1. The SMILES string of the molecule is CC(C)C(CC(=O)O)NC(=O)NCc1ccccc1. The lowest BCUT2D eigenvalue weighted by Gasteiger charge is -2.20. The van der Waals surface area contributed by atoms with Crippen molar-refractivity contribution in [2.24, 2.45) is 5.92 Å². The van der Waals surface area contributed by atoms with Crippen LogP contribution >= 0.6 is 0 Å². The number of benzene rings is 1. The Hall–Kier alpha value is -2.04. The van der Waals surface area contributed by atoms with Crippen LogP contribution in [0.3, 0.4) is 0 Å². The van der Waals surface area contributed by atoms with Crippen LogP contribution in [0.5, 0.6) is 0 Å². The minimum absolute atomic E-state index is 0.0681. The molecule has 1 unspecified atom stereocenters. The van der Waals surface area contributed by atoms with Crippen molar-refractivity contribution in [1.29, 1.82) is 0 Å². The lowest BCUT2D eigenvalue weighted by Crippen LogP contribution is -2.45. The van der Waals surface area contributed by atoms with Crippen molar-refractivity contribution in [3.05, 3.63) is 35.9 Å². The Morgan fingerprint density at radius 3 is 2.37 bits per heavy atom. The third-order valence-electron chi connectivity index (χ3n) is 2.81. The normalized spacial score (nSPS) is 11.9. The Morgan fingerprint density at radius 2 is 1.84 bits per heavy atom. The molecule has 0 aromatic heterocycles. The van der Waals surface area contributed by atoms with Gasteiger partial charge < -0.3 is 15.7 Å². The molecule has 1 aromatic carbocycles. The van der Waals surface area contributed by atoms with Crippen LogP contribution in [0.4, 0.5) is 4.79 Å². The first-order valence-corrected chi connectivity index (χ1v) is 6.29. The maximum Gasteiger partial charge on any atom is 0.315 e. The van der Waals surface area contributed by atoms with E-state index in [1.807, 2.05) is 44.2 Å². The monoisotopic (exact) mass is 264 g/mol. The first kappa shape index (κ1) is 15.0. The molecule has 1 atom stereocenters. The van der Waals surface area contributed by atoms with Crippen molar-refractivity contribution < 1.29 is 14.7 Å². The third-order valence-corrected chi connectivity index (χ3v) is 2.81. The molecule has 1 rings (SSSR count). The summed E-state index contributed by atoms with van der Waals surface area (Å²) >= 11 is 0. The molecule has 0 heterocycles. The molecule has 3 N–H and O–H groups in total. The summed E-state index contributed by atoms with van der Waals surface area (Å²) in [7, 11) is 0. The van der Waals surface area contributed by atoms with Crippen LogP contribution < -0.4 is 10.6 Å². The molecule has 0 aliphatic heterocycles. The highest BCUT2D eigenvalue weighted by Crippen LogP contribution is 2.06. The number of hydrogen-bond acceptors (Lipinski definition) is 2. The number of amides is 2. The maximum atomic E-state index is 11.7. The van der Waals surface area contributed by atoms with Crippen molar-refractivity contribution in [3.63, 3.8) is 0 Å². The van der Waals surface area contributed by atoms with Crippen LogP contribution in [0.15, 0.2) is 30.3 Å². The number of carbonyl (C=O) groups is 2. The van der Waals surface area contributed by atoms with Crippen molar-refractivity contribution in [3.8, 4) is 0 Å². The fraction of sp³-hybridized carbons (Fsp3) is 0.429. The average Bonchev–Trinajstić information content (AvgIpc) is 2.36. The smallest absolute Gasteiger partial charge is 0.315 e. The van der Waals surface area contributed by atoms with Gasteiger partial charge in [-0.05, 0) is 11.5 Å². The molecule has 0 fully saturated rings. The number of rotatable bonds is 6.